The van der Waals surface area contributed by atoms with Crippen LogP contribution in [0.4, 0.5) is 5.69 Å². The Labute approximate surface area is 116 Å². The van der Waals surface area contributed by atoms with Crippen molar-refractivity contribution >= 4 is 21.6 Å². The lowest BCUT2D eigenvalue weighted by Gasteiger charge is -2.09. The summed E-state index contributed by atoms with van der Waals surface area (Å²) in [4.78, 5) is 11.8. The maximum atomic E-state index is 11.8. The molecule has 0 aliphatic heterocycles. The number of hydrogen-bond donors (Lipinski definition) is 1. The molecule has 18 heavy (non-hydrogen) atoms. The van der Waals surface area contributed by atoms with Crippen LogP contribution in [-0.4, -0.2) is 16.3 Å². The Morgan fingerprint density at radius 2 is 2.28 bits per heavy atom. The first-order valence-electron chi connectivity index (χ1n) is 6.13. The summed E-state index contributed by atoms with van der Waals surface area (Å²) in [5, 5.41) is 7.22. The molecule has 4 nitrogen and oxygen atoms in total. The lowest BCUT2D eigenvalue weighted by atomic mass is 10.2. The summed E-state index contributed by atoms with van der Waals surface area (Å²) >= 11 is 3.28. The summed E-state index contributed by atoms with van der Waals surface area (Å²) in [5.41, 5.74) is 0.524. The van der Waals surface area contributed by atoms with Gasteiger partial charge in [0.25, 0.3) is 5.56 Å². The first-order valence-corrected chi connectivity index (χ1v) is 6.93. The standard InChI is InChI=1S/C13H18BrN3O/c1-3-5-6-7-8-15-11-10-16-17(9-4-2)13(18)12(11)14/h2,10,15H,3,5-9H2,1H3. The summed E-state index contributed by atoms with van der Waals surface area (Å²) in [6, 6.07) is 0. The Bertz CT molecular complexity index is 476. The molecule has 0 atom stereocenters. The zero-order valence-electron chi connectivity index (χ0n) is 10.6. The molecule has 0 saturated carbocycles. The van der Waals surface area contributed by atoms with Crippen molar-refractivity contribution in [3.63, 3.8) is 0 Å². The minimum Gasteiger partial charge on any atom is -0.383 e. The van der Waals surface area contributed by atoms with E-state index >= 15 is 0 Å². The molecule has 1 aromatic rings. The van der Waals surface area contributed by atoms with Crippen molar-refractivity contribution in [1.29, 1.82) is 0 Å². The average molecular weight is 312 g/mol. The molecule has 1 rings (SSSR count). The second-order valence-corrected chi connectivity index (χ2v) is 4.82. The molecule has 0 bridgehead atoms. The fraction of sp³-hybridized carbons (Fsp3) is 0.538. The van der Waals surface area contributed by atoms with Crippen LogP contribution in [-0.2, 0) is 6.54 Å². The molecule has 0 spiro atoms. The predicted molar refractivity (Wildman–Crippen MR) is 77.7 cm³/mol. The Balaban J connectivity index is 2.60. The second kappa shape index (κ2) is 7.93. The van der Waals surface area contributed by atoms with Crippen LogP contribution in [0.1, 0.15) is 32.6 Å². The van der Waals surface area contributed by atoms with Gasteiger partial charge in [0.05, 0.1) is 11.9 Å². The molecule has 1 aromatic heterocycles. The van der Waals surface area contributed by atoms with Gasteiger partial charge in [0.15, 0.2) is 0 Å². The second-order valence-electron chi connectivity index (χ2n) is 4.03. The molecule has 5 heteroatoms. The van der Waals surface area contributed by atoms with Gasteiger partial charge in [-0.1, -0.05) is 32.1 Å². The minimum absolute atomic E-state index is 0.189. The van der Waals surface area contributed by atoms with Crippen molar-refractivity contribution in [3.05, 3.63) is 21.0 Å². The van der Waals surface area contributed by atoms with Gasteiger partial charge in [0.1, 0.15) is 11.0 Å². The smallest absolute Gasteiger partial charge is 0.284 e. The zero-order valence-corrected chi connectivity index (χ0v) is 12.2. The highest BCUT2D eigenvalue weighted by Crippen LogP contribution is 2.16. The van der Waals surface area contributed by atoms with Gasteiger partial charge in [-0.25, -0.2) is 4.68 Å². The fourth-order valence-corrected chi connectivity index (χ4v) is 2.01. The summed E-state index contributed by atoms with van der Waals surface area (Å²) in [5.74, 6) is 2.40. The van der Waals surface area contributed by atoms with E-state index in [0.29, 0.717) is 4.47 Å². The predicted octanol–water partition coefficient (Wildman–Crippen LogP) is 2.63. The topological polar surface area (TPSA) is 46.9 Å². The highest BCUT2D eigenvalue weighted by molar-refractivity contribution is 9.10. The van der Waals surface area contributed by atoms with E-state index in [2.05, 4.69) is 39.2 Å². The van der Waals surface area contributed by atoms with Gasteiger partial charge >= 0.3 is 0 Å². The zero-order chi connectivity index (χ0) is 13.4. The third kappa shape index (κ3) is 4.19. The first kappa shape index (κ1) is 14.8. The Hall–Kier alpha value is -1.28. The van der Waals surface area contributed by atoms with E-state index < -0.39 is 0 Å². The lowest BCUT2D eigenvalue weighted by molar-refractivity contribution is 0.657. The van der Waals surface area contributed by atoms with Crippen LogP contribution in [0.25, 0.3) is 0 Å². The number of halogens is 1. The normalized spacial score (nSPS) is 10.1. The van der Waals surface area contributed by atoms with E-state index in [1.807, 2.05) is 0 Å². The number of nitrogens with one attached hydrogen (secondary N) is 1. The minimum atomic E-state index is -0.202. The molecule has 0 aromatic carbocycles. The van der Waals surface area contributed by atoms with E-state index in [0.717, 1.165) is 18.7 Å². The van der Waals surface area contributed by atoms with Gasteiger partial charge < -0.3 is 5.32 Å². The maximum absolute atomic E-state index is 11.8. The Morgan fingerprint density at radius 1 is 1.50 bits per heavy atom. The van der Waals surface area contributed by atoms with Gasteiger partial charge in [0.2, 0.25) is 0 Å². The van der Waals surface area contributed by atoms with Crippen LogP contribution in [0.3, 0.4) is 0 Å². The van der Waals surface area contributed by atoms with E-state index in [4.69, 9.17) is 6.42 Å². The average Bonchev–Trinajstić information content (AvgIpc) is 2.37. The summed E-state index contributed by atoms with van der Waals surface area (Å²) in [7, 11) is 0. The third-order valence-corrected chi connectivity index (χ3v) is 3.34. The van der Waals surface area contributed by atoms with Gasteiger partial charge in [-0.3, -0.25) is 4.79 Å². The SMILES string of the molecule is C#CCn1ncc(NCCCCCC)c(Br)c1=O. The van der Waals surface area contributed by atoms with Crippen LogP contribution in [0.2, 0.25) is 0 Å². The number of hydrogen-bond acceptors (Lipinski definition) is 3. The van der Waals surface area contributed by atoms with Gasteiger partial charge in [-0.2, -0.15) is 5.10 Å². The molecule has 0 aliphatic rings. The molecule has 0 saturated heterocycles. The molecule has 0 fully saturated rings. The lowest BCUT2D eigenvalue weighted by Crippen LogP contribution is -2.24. The van der Waals surface area contributed by atoms with Crippen molar-refractivity contribution in [3.8, 4) is 12.3 Å². The largest absolute Gasteiger partial charge is 0.383 e. The molecule has 1 N–H and O–H groups in total. The number of unbranched alkanes of at least 4 members (excludes halogenated alkanes) is 3. The van der Waals surface area contributed by atoms with Crippen molar-refractivity contribution in [2.24, 2.45) is 0 Å². The highest BCUT2D eigenvalue weighted by Gasteiger charge is 2.07. The molecular formula is C13H18BrN3O. The van der Waals surface area contributed by atoms with Gasteiger partial charge in [-0.05, 0) is 22.4 Å². The number of rotatable bonds is 7. The molecule has 0 radical (unpaired) electrons. The number of aromatic nitrogens is 2. The quantitative estimate of drug-likeness (QED) is 0.622. The molecule has 0 aliphatic carbocycles. The third-order valence-electron chi connectivity index (χ3n) is 2.57. The van der Waals surface area contributed by atoms with E-state index in [1.165, 1.54) is 23.9 Å². The van der Waals surface area contributed by atoms with E-state index in [-0.39, 0.29) is 12.1 Å². The molecule has 98 valence electrons. The van der Waals surface area contributed by atoms with Gasteiger partial charge in [0, 0.05) is 6.54 Å². The highest BCUT2D eigenvalue weighted by atomic mass is 79.9. The summed E-state index contributed by atoms with van der Waals surface area (Å²) in [6.45, 7) is 3.21. The number of terminal acetylenes is 1. The number of nitrogens with zero attached hydrogens (tertiary/aromatic N) is 2. The molecule has 1 heterocycles. The summed E-state index contributed by atoms with van der Waals surface area (Å²) < 4.78 is 1.75. The molecular weight excluding hydrogens is 294 g/mol. The maximum Gasteiger partial charge on any atom is 0.284 e. The van der Waals surface area contributed by atoms with Crippen LogP contribution in [0.5, 0.6) is 0 Å². The van der Waals surface area contributed by atoms with Crippen LogP contribution < -0.4 is 10.9 Å². The van der Waals surface area contributed by atoms with Crippen LogP contribution in [0.15, 0.2) is 15.5 Å². The first-order chi connectivity index (χ1) is 8.70. The van der Waals surface area contributed by atoms with Crippen LogP contribution in [0, 0.1) is 12.3 Å². The van der Waals surface area contributed by atoms with Gasteiger partial charge in [-0.15, -0.1) is 6.42 Å². The van der Waals surface area contributed by atoms with E-state index in [1.54, 1.807) is 6.20 Å². The van der Waals surface area contributed by atoms with Crippen molar-refractivity contribution in [2.75, 3.05) is 11.9 Å². The monoisotopic (exact) mass is 311 g/mol. The molecule has 0 unspecified atom stereocenters. The fourth-order valence-electron chi connectivity index (χ4n) is 1.56. The van der Waals surface area contributed by atoms with Crippen molar-refractivity contribution < 1.29 is 0 Å². The number of anilines is 1. The van der Waals surface area contributed by atoms with Crippen molar-refractivity contribution in [2.45, 2.75) is 39.2 Å². The van der Waals surface area contributed by atoms with Crippen molar-refractivity contribution in [1.82, 2.24) is 9.78 Å². The molecule has 0 amide bonds. The summed E-state index contributed by atoms with van der Waals surface area (Å²) in [6.07, 6.45) is 11.5. The van der Waals surface area contributed by atoms with Crippen LogP contribution >= 0.6 is 15.9 Å². The van der Waals surface area contributed by atoms with E-state index in [9.17, 15) is 4.79 Å². The Kier molecular flexibility index (Phi) is 6.51. The Morgan fingerprint density at radius 3 is 2.94 bits per heavy atom.